The third-order valence-electron chi connectivity index (χ3n) is 4.63. The molecule has 0 bridgehead atoms. The van der Waals surface area contributed by atoms with E-state index in [0.717, 1.165) is 37.7 Å². The fraction of sp³-hybridized carbons (Fsp3) is 0.353. The SMILES string of the molecule is CC1CCN(c2cnc3c(Oc4ccnc(C(N)=O)c4Cl)n[nH]c3n2)CC1. The van der Waals surface area contributed by atoms with Crippen molar-refractivity contribution in [3.05, 3.63) is 29.2 Å². The number of H-pyrrole nitrogens is 1. The molecule has 1 amide bonds. The highest BCUT2D eigenvalue weighted by Crippen LogP contribution is 2.32. The van der Waals surface area contributed by atoms with Crippen LogP contribution in [0.25, 0.3) is 11.2 Å². The molecule has 3 aromatic rings. The van der Waals surface area contributed by atoms with Crippen molar-refractivity contribution in [3.8, 4) is 11.6 Å². The Morgan fingerprint density at radius 3 is 2.89 bits per heavy atom. The van der Waals surface area contributed by atoms with Crippen LogP contribution < -0.4 is 15.4 Å². The number of carbonyl (C=O) groups is 1. The molecular weight excluding hydrogens is 370 g/mol. The van der Waals surface area contributed by atoms with Crippen molar-refractivity contribution in [1.29, 1.82) is 0 Å². The van der Waals surface area contributed by atoms with Crippen LogP contribution in [0.2, 0.25) is 5.02 Å². The fourth-order valence-electron chi connectivity index (χ4n) is 3.01. The molecule has 0 unspecified atom stereocenters. The second-order valence-electron chi connectivity index (χ2n) is 6.56. The minimum atomic E-state index is -0.738. The summed E-state index contributed by atoms with van der Waals surface area (Å²) in [6.45, 7) is 4.18. The zero-order valence-corrected chi connectivity index (χ0v) is 15.4. The Morgan fingerprint density at radius 1 is 1.37 bits per heavy atom. The molecule has 27 heavy (non-hydrogen) atoms. The van der Waals surface area contributed by atoms with E-state index in [0.29, 0.717) is 11.2 Å². The number of hydrogen-bond acceptors (Lipinski definition) is 7. The average Bonchev–Trinajstić information content (AvgIpc) is 3.06. The zero-order valence-electron chi connectivity index (χ0n) is 14.6. The molecule has 0 atom stereocenters. The van der Waals surface area contributed by atoms with E-state index in [1.54, 1.807) is 6.20 Å². The number of nitrogens with two attached hydrogens (primary N) is 1. The maximum absolute atomic E-state index is 11.4. The van der Waals surface area contributed by atoms with Gasteiger partial charge in [0.25, 0.3) is 11.8 Å². The first-order chi connectivity index (χ1) is 13.0. The normalized spacial score (nSPS) is 15.3. The molecule has 3 N–H and O–H groups in total. The van der Waals surface area contributed by atoms with Gasteiger partial charge in [-0.25, -0.2) is 15.0 Å². The molecule has 0 aliphatic carbocycles. The molecule has 1 fully saturated rings. The lowest BCUT2D eigenvalue weighted by molar-refractivity contribution is 0.0995. The molecular formula is C17H18ClN7O2. The number of nitrogens with zero attached hydrogens (tertiary/aromatic N) is 5. The summed E-state index contributed by atoms with van der Waals surface area (Å²) < 4.78 is 5.71. The number of ether oxygens (including phenoxy) is 1. The quantitative estimate of drug-likeness (QED) is 0.704. The van der Waals surface area contributed by atoms with Gasteiger partial charge >= 0.3 is 0 Å². The molecule has 0 radical (unpaired) electrons. The van der Waals surface area contributed by atoms with Crippen LogP contribution in [0.3, 0.4) is 0 Å². The van der Waals surface area contributed by atoms with Crippen LogP contribution in [-0.2, 0) is 0 Å². The molecule has 4 heterocycles. The number of halogens is 1. The van der Waals surface area contributed by atoms with E-state index in [9.17, 15) is 4.79 Å². The van der Waals surface area contributed by atoms with Crippen molar-refractivity contribution in [3.63, 3.8) is 0 Å². The monoisotopic (exact) mass is 387 g/mol. The van der Waals surface area contributed by atoms with Crippen LogP contribution in [-0.4, -0.2) is 44.1 Å². The number of aromatic amines is 1. The van der Waals surface area contributed by atoms with Crippen molar-refractivity contribution in [2.75, 3.05) is 18.0 Å². The van der Waals surface area contributed by atoms with E-state index in [4.69, 9.17) is 22.1 Å². The second-order valence-corrected chi connectivity index (χ2v) is 6.94. The number of aromatic nitrogens is 5. The Morgan fingerprint density at radius 2 is 2.15 bits per heavy atom. The maximum Gasteiger partial charge on any atom is 0.268 e. The van der Waals surface area contributed by atoms with Crippen molar-refractivity contribution < 1.29 is 9.53 Å². The number of hydrogen-bond donors (Lipinski definition) is 2. The predicted molar refractivity (Wildman–Crippen MR) is 100 cm³/mol. The molecule has 0 aromatic carbocycles. The van der Waals surface area contributed by atoms with Gasteiger partial charge in [0.1, 0.15) is 16.5 Å². The van der Waals surface area contributed by atoms with E-state index < -0.39 is 5.91 Å². The molecule has 3 aromatic heterocycles. The Labute approximate surface area is 159 Å². The van der Waals surface area contributed by atoms with Crippen LogP contribution >= 0.6 is 11.6 Å². The van der Waals surface area contributed by atoms with Crippen LogP contribution in [0.15, 0.2) is 18.5 Å². The molecule has 10 heteroatoms. The number of primary amides is 1. The number of nitrogens with one attached hydrogen (secondary N) is 1. The summed E-state index contributed by atoms with van der Waals surface area (Å²) in [6, 6.07) is 1.52. The van der Waals surface area contributed by atoms with Gasteiger partial charge in [0.05, 0.1) is 6.20 Å². The van der Waals surface area contributed by atoms with E-state index in [-0.39, 0.29) is 22.3 Å². The smallest absolute Gasteiger partial charge is 0.268 e. The fourth-order valence-corrected chi connectivity index (χ4v) is 3.26. The largest absolute Gasteiger partial charge is 0.434 e. The molecule has 140 valence electrons. The van der Waals surface area contributed by atoms with Crippen molar-refractivity contribution in [1.82, 2.24) is 25.1 Å². The summed E-state index contributed by atoms with van der Waals surface area (Å²) in [6.07, 6.45) is 5.38. The first-order valence-corrected chi connectivity index (χ1v) is 8.99. The highest BCUT2D eigenvalue weighted by Gasteiger charge is 2.20. The maximum atomic E-state index is 11.4. The summed E-state index contributed by atoms with van der Waals surface area (Å²) >= 11 is 6.14. The van der Waals surface area contributed by atoms with E-state index in [2.05, 4.69) is 37.0 Å². The Balaban J connectivity index is 1.61. The molecule has 9 nitrogen and oxygen atoms in total. The Bertz CT molecular complexity index is 998. The van der Waals surface area contributed by atoms with Gasteiger partial charge in [-0.1, -0.05) is 18.5 Å². The number of anilines is 1. The molecule has 0 spiro atoms. The molecule has 1 saturated heterocycles. The summed E-state index contributed by atoms with van der Waals surface area (Å²) in [5.74, 6) is 1.23. The third kappa shape index (κ3) is 3.37. The van der Waals surface area contributed by atoms with Crippen LogP contribution in [0.4, 0.5) is 5.82 Å². The van der Waals surface area contributed by atoms with Gasteiger partial charge in [0, 0.05) is 25.4 Å². The Kier molecular flexibility index (Phi) is 4.53. The molecule has 1 aliphatic rings. The number of amides is 1. The first-order valence-electron chi connectivity index (χ1n) is 8.61. The van der Waals surface area contributed by atoms with Gasteiger partial charge in [-0.15, -0.1) is 5.10 Å². The van der Waals surface area contributed by atoms with E-state index in [1.807, 2.05) is 0 Å². The van der Waals surface area contributed by atoms with Gasteiger partial charge in [0.15, 0.2) is 16.9 Å². The third-order valence-corrected chi connectivity index (χ3v) is 4.99. The first kappa shape index (κ1) is 17.5. The van der Waals surface area contributed by atoms with Gasteiger partial charge in [0.2, 0.25) is 0 Å². The summed E-state index contributed by atoms with van der Waals surface area (Å²) in [4.78, 5) is 26.5. The van der Waals surface area contributed by atoms with Gasteiger partial charge in [-0.2, -0.15) is 0 Å². The van der Waals surface area contributed by atoms with Crippen molar-refractivity contribution >= 4 is 34.5 Å². The standard InChI is InChI=1S/C17H18ClN7O2/c1-9-3-6-25(7-4-9)11-8-21-14-16(22-11)23-24-17(14)27-10-2-5-20-13(12(10)18)15(19)26/h2,5,8-9H,3-4,6-7H2,1H3,(H2,19,26)(H,22,23,24). The lowest BCUT2D eigenvalue weighted by atomic mass is 9.99. The summed E-state index contributed by atoms with van der Waals surface area (Å²) in [5, 5.41) is 6.97. The van der Waals surface area contributed by atoms with Crippen LogP contribution in [0, 0.1) is 5.92 Å². The van der Waals surface area contributed by atoms with Gasteiger partial charge < -0.3 is 15.4 Å². The average molecular weight is 388 g/mol. The number of fused-ring (bicyclic) bond motifs is 1. The zero-order chi connectivity index (χ0) is 19.0. The second kappa shape index (κ2) is 6.99. The molecule has 0 saturated carbocycles. The lowest BCUT2D eigenvalue weighted by Crippen LogP contribution is -2.33. The van der Waals surface area contributed by atoms with Crippen molar-refractivity contribution in [2.24, 2.45) is 11.7 Å². The minimum absolute atomic E-state index is 0.0214. The van der Waals surface area contributed by atoms with Gasteiger partial charge in [-0.3, -0.25) is 9.89 Å². The predicted octanol–water partition coefficient (Wildman–Crippen LogP) is 2.53. The Hall–Kier alpha value is -2.94. The number of carbonyl (C=O) groups excluding carboxylic acids is 1. The lowest BCUT2D eigenvalue weighted by Gasteiger charge is -2.30. The van der Waals surface area contributed by atoms with Gasteiger partial charge in [-0.05, 0) is 18.8 Å². The molecule has 1 aliphatic heterocycles. The molecule has 4 rings (SSSR count). The summed E-state index contributed by atoms with van der Waals surface area (Å²) in [5.41, 5.74) is 6.17. The summed E-state index contributed by atoms with van der Waals surface area (Å²) in [7, 11) is 0. The topological polar surface area (TPSA) is 123 Å². The minimum Gasteiger partial charge on any atom is -0.434 e. The number of piperidine rings is 1. The highest BCUT2D eigenvalue weighted by atomic mass is 35.5. The van der Waals surface area contributed by atoms with Crippen LogP contribution in [0.5, 0.6) is 11.6 Å². The number of rotatable bonds is 4. The van der Waals surface area contributed by atoms with Crippen LogP contribution in [0.1, 0.15) is 30.3 Å². The van der Waals surface area contributed by atoms with E-state index >= 15 is 0 Å². The highest BCUT2D eigenvalue weighted by molar-refractivity contribution is 6.34. The van der Waals surface area contributed by atoms with E-state index in [1.165, 1.54) is 12.3 Å². The number of pyridine rings is 1. The van der Waals surface area contributed by atoms with Crippen molar-refractivity contribution in [2.45, 2.75) is 19.8 Å².